The number of nitrogens with zero attached hydrogens (tertiary/aromatic N) is 2. The van der Waals surface area contributed by atoms with Gasteiger partial charge in [-0.3, -0.25) is 4.79 Å². The predicted octanol–water partition coefficient (Wildman–Crippen LogP) is 4.37. The van der Waals surface area contributed by atoms with E-state index in [1.165, 1.54) is 12.1 Å². The first kappa shape index (κ1) is 17.9. The van der Waals surface area contributed by atoms with Crippen molar-refractivity contribution >= 4 is 5.69 Å². The first-order valence-corrected chi connectivity index (χ1v) is 8.81. The lowest BCUT2D eigenvalue weighted by Gasteiger charge is -2.24. The largest absolute Gasteiger partial charge is 0.367 e. The molecule has 0 aliphatic heterocycles. The molecule has 0 fully saturated rings. The maximum absolute atomic E-state index is 13.1. The van der Waals surface area contributed by atoms with Crippen molar-refractivity contribution in [3.8, 4) is 0 Å². The molecule has 26 heavy (non-hydrogen) atoms. The van der Waals surface area contributed by atoms with Gasteiger partial charge in [0.05, 0.1) is 6.54 Å². The van der Waals surface area contributed by atoms with Gasteiger partial charge in [0, 0.05) is 30.5 Å². The van der Waals surface area contributed by atoms with Gasteiger partial charge in [0.1, 0.15) is 5.82 Å². The second kappa shape index (κ2) is 8.00. The molecule has 3 nitrogen and oxygen atoms in total. The van der Waals surface area contributed by atoms with Gasteiger partial charge < -0.3 is 9.47 Å². The molecule has 0 bridgehead atoms. The number of aryl methyl sites for hydroxylation is 1. The summed E-state index contributed by atoms with van der Waals surface area (Å²) in [6, 6.07) is 20.2. The molecule has 0 aliphatic carbocycles. The Balaban J connectivity index is 1.82. The van der Waals surface area contributed by atoms with Crippen molar-refractivity contribution in [3.63, 3.8) is 0 Å². The van der Waals surface area contributed by atoms with Crippen LogP contribution < -0.4 is 10.5 Å². The third kappa shape index (κ3) is 4.20. The molecule has 3 rings (SSSR count). The first-order valence-electron chi connectivity index (χ1n) is 8.81. The van der Waals surface area contributed by atoms with E-state index in [0.717, 1.165) is 29.1 Å². The van der Waals surface area contributed by atoms with Crippen LogP contribution in [0.25, 0.3) is 0 Å². The molecule has 1 heterocycles. The van der Waals surface area contributed by atoms with E-state index >= 15 is 0 Å². The number of hydrogen-bond acceptors (Lipinski definition) is 2. The number of benzene rings is 2. The maximum Gasteiger partial charge on any atom is 0.251 e. The van der Waals surface area contributed by atoms with Crippen LogP contribution >= 0.6 is 0 Å². The summed E-state index contributed by atoms with van der Waals surface area (Å²) in [5.74, 6) is -0.246. The van der Waals surface area contributed by atoms with Crippen LogP contribution in [0.4, 0.5) is 10.1 Å². The van der Waals surface area contributed by atoms with Crippen molar-refractivity contribution in [2.75, 3.05) is 11.4 Å². The van der Waals surface area contributed by atoms with Gasteiger partial charge in [-0.05, 0) is 55.3 Å². The van der Waals surface area contributed by atoms with Crippen LogP contribution in [-0.2, 0) is 13.1 Å². The van der Waals surface area contributed by atoms with Crippen molar-refractivity contribution in [2.24, 2.45) is 0 Å². The molecular weight excluding hydrogens is 327 g/mol. The number of pyridine rings is 1. The van der Waals surface area contributed by atoms with Crippen molar-refractivity contribution in [3.05, 3.63) is 99.7 Å². The quantitative estimate of drug-likeness (QED) is 0.659. The zero-order chi connectivity index (χ0) is 18.5. The molecule has 2 aromatic carbocycles. The molecule has 0 spiro atoms. The Morgan fingerprint density at radius 3 is 2.27 bits per heavy atom. The SMILES string of the molecule is CCN(Cc1cc(C)n(Cc2ccccc2)c(=O)c1)c1ccc(F)cc1. The summed E-state index contributed by atoms with van der Waals surface area (Å²) in [6.45, 7) is 5.97. The lowest BCUT2D eigenvalue weighted by Crippen LogP contribution is -2.26. The van der Waals surface area contributed by atoms with Crippen LogP contribution in [0.3, 0.4) is 0 Å². The van der Waals surface area contributed by atoms with Crippen LogP contribution in [0.2, 0.25) is 0 Å². The summed E-state index contributed by atoms with van der Waals surface area (Å²) in [4.78, 5) is 14.7. The monoisotopic (exact) mass is 350 g/mol. The van der Waals surface area contributed by atoms with Gasteiger partial charge >= 0.3 is 0 Å². The third-order valence-electron chi connectivity index (χ3n) is 4.53. The minimum Gasteiger partial charge on any atom is -0.367 e. The molecule has 0 radical (unpaired) electrons. The third-order valence-corrected chi connectivity index (χ3v) is 4.53. The Bertz CT molecular complexity index is 917. The van der Waals surface area contributed by atoms with E-state index in [9.17, 15) is 9.18 Å². The number of aromatic nitrogens is 1. The van der Waals surface area contributed by atoms with Gasteiger partial charge in [-0.25, -0.2) is 4.39 Å². The summed E-state index contributed by atoms with van der Waals surface area (Å²) in [5, 5.41) is 0. The Labute approximate surface area is 153 Å². The van der Waals surface area contributed by atoms with E-state index in [0.29, 0.717) is 13.1 Å². The van der Waals surface area contributed by atoms with Gasteiger partial charge in [-0.1, -0.05) is 30.3 Å². The van der Waals surface area contributed by atoms with Crippen molar-refractivity contribution in [1.29, 1.82) is 0 Å². The van der Waals surface area contributed by atoms with E-state index in [4.69, 9.17) is 0 Å². The number of hydrogen-bond donors (Lipinski definition) is 0. The normalized spacial score (nSPS) is 10.7. The van der Waals surface area contributed by atoms with Crippen LogP contribution in [0.1, 0.15) is 23.7 Å². The lowest BCUT2D eigenvalue weighted by molar-refractivity contribution is 0.627. The zero-order valence-corrected chi connectivity index (χ0v) is 15.2. The molecule has 0 atom stereocenters. The van der Waals surface area contributed by atoms with E-state index in [1.807, 2.05) is 44.2 Å². The van der Waals surface area contributed by atoms with E-state index < -0.39 is 0 Å². The van der Waals surface area contributed by atoms with Crippen LogP contribution in [0.5, 0.6) is 0 Å². The van der Waals surface area contributed by atoms with Gasteiger partial charge in [0.2, 0.25) is 0 Å². The van der Waals surface area contributed by atoms with Gasteiger partial charge in [0.15, 0.2) is 0 Å². The molecule has 134 valence electrons. The molecule has 0 aliphatic rings. The second-order valence-electron chi connectivity index (χ2n) is 6.41. The van der Waals surface area contributed by atoms with Crippen molar-refractivity contribution in [1.82, 2.24) is 4.57 Å². The highest BCUT2D eigenvalue weighted by atomic mass is 19.1. The number of halogens is 1. The first-order chi connectivity index (χ1) is 12.6. The molecule has 0 saturated heterocycles. The van der Waals surface area contributed by atoms with Gasteiger partial charge in [-0.15, -0.1) is 0 Å². The lowest BCUT2D eigenvalue weighted by atomic mass is 10.1. The summed E-state index contributed by atoms with van der Waals surface area (Å²) in [6.07, 6.45) is 0. The summed E-state index contributed by atoms with van der Waals surface area (Å²) in [5.41, 5.74) is 3.94. The predicted molar refractivity (Wildman–Crippen MR) is 104 cm³/mol. The number of anilines is 1. The van der Waals surface area contributed by atoms with E-state index in [-0.39, 0.29) is 11.4 Å². The topological polar surface area (TPSA) is 25.2 Å². The molecular formula is C22H23FN2O. The average Bonchev–Trinajstić information content (AvgIpc) is 2.64. The Kier molecular flexibility index (Phi) is 5.52. The number of rotatable bonds is 6. The highest BCUT2D eigenvalue weighted by Gasteiger charge is 2.09. The molecule has 0 unspecified atom stereocenters. The average molecular weight is 350 g/mol. The molecule has 0 amide bonds. The fraction of sp³-hybridized carbons (Fsp3) is 0.227. The Hall–Kier alpha value is -2.88. The van der Waals surface area contributed by atoms with Crippen LogP contribution in [0.15, 0.2) is 71.5 Å². The Morgan fingerprint density at radius 1 is 0.962 bits per heavy atom. The van der Waals surface area contributed by atoms with E-state index in [1.54, 1.807) is 22.8 Å². The highest BCUT2D eigenvalue weighted by Crippen LogP contribution is 2.17. The fourth-order valence-electron chi connectivity index (χ4n) is 3.12. The summed E-state index contributed by atoms with van der Waals surface area (Å²) in [7, 11) is 0. The van der Waals surface area contributed by atoms with Gasteiger partial charge in [0.25, 0.3) is 5.56 Å². The standard InChI is InChI=1S/C22H23FN2O/c1-3-24(21-11-9-20(23)10-12-21)15-19-13-17(2)25(22(26)14-19)16-18-7-5-4-6-8-18/h4-14H,3,15-16H2,1-2H3. The molecule has 0 saturated carbocycles. The summed E-state index contributed by atoms with van der Waals surface area (Å²) < 4.78 is 14.9. The molecule has 0 N–H and O–H groups in total. The maximum atomic E-state index is 13.1. The molecule has 4 heteroatoms. The minimum atomic E-state index is -0.246. The van der Waals surface area contributed by atoms with Crippen LogP contribution in [-0.4, -0.2) is 11.1 Å². The Morgan fingerprint density at radius 2 is 1.65 bits per heavy atom. The molecule has 1 aromatic heterocycles. The fourth-order valence-corrected chi connectivity index (χ4v) is 3.12. The van der Waals surface area contributed by atoms with E-state index in [2.05, 4.69) is 11.0 Å². The smallest absolute Gasteiger partial charge is 0.251 e. The zero-order valence-electron chi connectivity index (χ0n) is 15.2. The highest BCUT2D eigenvalue weighted by molar-refractivity contribution is 5.46. The van der Waals surface area contributed by atoms with Crippen molar-refractivity contribution in [2.45, 2.75) is 26.9 Å². The summed E-state index contributed by atoms with van der Waals surface area (Å²) >= 11 is 0. The van der Waals surface area contributed by atoms with Crippen LogP contribution in [0, 0.1) is 12.7 Å². The molecule has 3 aromatic rings. The minimum absolute atomic E-state index is 0.000915. The van der Waals surface area contributed by atoms with Crippen molar-refractivity contribution < 1.29 is 4.39 Å². The second-order valence-corrected chi connectivity index (χ2v) is 6.41. The van der Waals surface area contributed by atoms with Gasteiger partial charge in [-0.2, -0.15) is 0 Å².